The van der Waals surface area contributed by atoms with E-state index in [2.05, 4.69) is 26.2 Å². The second-order valence-corrected chi connectivity index (χ2v) is 10.3. The summed E-state index contributed by atoms with van der Waals surface area (Å²) < 4.78 is 0. The third-order valence-electron chi connectivity index (χ3n) is 6.29. The summed E-state index contributed by atoms with van der Waals surface area (Å²) in [5.41, 5.74) is 5.71. The van der Waals surface area contributed by atoms with Crippen molar-refractivity contribution in [1.29, 1.82) is 0 Å². The number of fused-ring (bicyclic) bond motifs is 1. The van der Waals surface area contributed by atoms with Crippen molar-refractivity contribution >= 4 is 29.5 Å². The number of amides is 3. The first-order valence-corrected chi connectivity index (χ1v) is 12.6. The van der Waals surface area contributed by atoms with E-state index >= 15 is 0 Å². The summed E-state index contributed by atoms with van der Waals surface area (Å²) in [4.78, 5) is 35.4. The smallest absolute Gasteiger partial charge is 0.315 e. The highest BCUT2D eigenvalue weighted by Gasteiger charge is 2.42. The summed E-state index contributed by atoms with van der Waals surface area (Å²) in [5, 5.41) is 17.1. The third-order valence-corrected chi connectivity index (χ3v) is 7.80. The van der Waals surface area contributed by atoms with Crippen LogP contribution in [0.2, 0.25) is 0 Å². The summed E-state index contributed by atoms with van der Waals surface area (Å²) >= 11 is 1.93. The van der Waals surface area contributed by atoms with Gasteiger partial charge in [-0.2, -0.15) is 22.0 Å². The van der Waals surface area contributed by atoms with Gasteiger partial charge in [0.25, 0.3) is 0 Å². The standard InChI is InChI=1S/C21H36N6O3S/c1-21(26-27-21)11-10-18(29)23-12-6-5-7-14(22)16(28)8-3-2-4-9-17-19-15(13-31-17)24-20(30)25-19/h14-15,17,19H,2-13,22H2,1H3,(H,23,29)(H2,24,25,30). The lowest BCUT2D eigenvalue weighted by atomic mass is 9.99. The van der Waals surface area contributed by atoms with Gasteiger partial charge in [0.2, 0.25) is 5.91 Å². The van der Waals surface area contributed by atoms with E-state index in [1.165, 1.54) is 0 Å². The molecule has 3 heterocycles. The number of rotatable bonds is 15. The maximum atomic E-state index is 12.2. The summed E-state index contributed by atoms with van der Waals surface area (Å²) in [6.45, 7) is 2.53. The number of unbranched alkanes of at least 4 members (excludes halogenated alkanes) is 3. The molecular weight excluding hydrogens is 416 g/mol. The summed E-state index contributed by atoms with van der Waals surface area (Å²) in [6.07, 6.45) is 7.98. The van der Waals surface area contributed by atoms with Crippen LogP contribution in [0.1, 0.15) is 71.1 Å². The van der Waals surface area contributed by atoms with Gasteiger partial charge in [-0.15, -0.1) is 0 Å². The lowest BCUT2D eigenvalue weighted by Crippen LogP contribution is -2.36. The van der Waals surface area contributed by atoms with E-state index in [-0.39, 0.29) is 35.5 Å². The molecule has 0 aliphatic carbocycles. The van der Waals surface area contributed by atoms with E-state index < -0.39 is 6.04 Å². The minimum Gasteiger partial charge on any atom is -0.356 e. The van der Waals surface area contributed by atoms with Crippen LogP contribution in [-0.4, -0.2) is 59.1 Å². The molecule has 3 aliphatic rings. The molecule has 2 saturated heterocycles. The Bertz CT molecular complexity index is 682. The quantitative estimate of drug-likeness (QED) is 0.223. The molecule has 174 valence electrons. The average molecular weight is 453 g/mol. The molecular formula is C21H36N6O3S. The maximum Gasteiger partial charge on any atom is 0.315 e. The van der Waals surface area contributed by atoms with Crippen molar-refractivity contribution < 1.29 is 14.4 Å². The van der Waals surface area contributed by atoms with Crippen LogP contribution in [0.5, 0.6) is 0 Å². The number of nitrogens with two attached hydrogens (primary N) is 1. The van der Waals surface area contributed by atoms with E-state index in [9.17, 15) is 14.4 Å². The SMILES string of the molecule is CC1(CCC(=O)NCCCCC(N)C(=O)CCCCCC2SCC3NC(=O)NC32)N=N1. The van der Waals surface area contributed by atoms with Crippen molar-refractivity contribution in [2.45, 2.75) is 100 Å². The second kappa shape index (κ2) is 11.3. The van der Waals surface area contributed by atoms with Gasteiger partial charge in [-0.25, -0.2) is 4.79 Å². The first kappa shape index (κ1) is 24.0. The fourth-order valence-electron chi connectivity index (χ4n) is 4.15. The fraction of sp³-hybridized carbons (Fsp3) is 0.857. The molecule has 0 spiro atoms. The molecule has 10 heteroatoms. The third kappa shape index (κ3) is 7.75. The van der Waals surface area contributed by atoms with E-state index in [0.717, 1.165) is 44.3 Å². The van der Waals surface area contributed by atoms with Crippen LogP contribution in [0.4, 0.5) is 4.79 Å². The molecule has 0 radical (unpaired) electrons. The molecule has 31 heavy (non-hydrogen) atoms. The summed E-state index contributed by atoms with van der Waals surface area (Å²) in [7, 11) is 0. The Kier molecular flexibility index (Phi) is 8.71. The van der Waals surface area contributed by atoms with Gasteiger partial charge in [0.05, 0.1) is 18.1 Å². The molecule has 0 bridgehead atoms. The van der Waals surface area contributed by atoms with Gasteiger partial charge in [-0.1, -0.05) is 12.8 Å². The van der Waals surface area contributed by atoms with Gasteiger partial charge in [-0.3, -0.25) is 9.59 Å². The van der Waals surface area contributed by atoms with Gasteiger partial charge in [0, 0.05) is 36.8 Å². The van der Waals surface area contributed by atoms with Gasteiger partial charge in [0.1, 0.15) is 5.78 Å². The number of nitrogens with zero attached hydrogens (tertiary/aromatic N) is 2. The highest BCUT2D eigenvalue weighted by Crippen LogP contribution is 2.33. The van der Waals surface area contributed by atoms with Crippen LogP contribution in [-0.2, 0) is 9.59 Å². The highest BCUT2D eigenvalue weighted by atomic mass is 32.2. The molecule has 3 rings (SSSR count). The molecule has 0 aromatic rings. The zero-order valence-corrected chi connectivity index (χ0v) is 19.2. The number of urea groups is 1. The Labute approximate surface area is 188 Å². The van der Waals surface area contributed by atoms with Crippen molar-refractivity contribution in [3.63, 3.8) is 0 Å². The van der Waals surface area contributed by atoms with E-state index in [0.29, 0.717) is 37.5 Å². The topological polar surface area (TPSA) is 138 Å². The van der Waals surface area contributed by atoms with Crippen molar-refractivity contribution in [1.82, 2.24) is 16.0 Å². The lowest BCUT2D eigenvalue weighted by molar-refractivity contribution is -0.122. The number of ketones is 1. The Balaban J connectivity index is 1.14. The molecule has 3 aliphatic heterocycles. The number of Topliss-reactive ketones (excluding diaryl/α,β-unsaturated/α-hetero) is 1. The highest BCUT2D eigenvalue weighted by molar-refractivity contribution is 8.00. The molecule has 3 amide bonds. The minimum absolute atomic E-state index is 0.0250. The number of carbonyl (C=O) groups excluding carboxylic acids is 3. The number of nitrogens with one attached hydrogen (secondary N) is 3. The largest absolute Gasteiger partial charge is 0.356 e. The maximum absolute atomic E-state index is 12.2. The van der Waals surface area contributed by atoms with Gasteiger partial charge in [0.15, 0.2) is 5.66 Å². The van der Waals surface area contributed by atoms with E-state index in [4.69, 9.17) is 5.73 Å². The van der Waals surface area contributed by atoms with Gasteiger partial charge in [-0.05, 0) is 39.0 Å². The molecule has 4 atom stereocenters. The number of thioether (sulfide) groups is 1. The van der Waals surface area contributed by atoms with Crippen LogP contribution in [0.15, 0.2) is 10.2 Å². The monoisotopic (exact) mass is 452 g/mol. The van der Waals surface area contributed by atoms with Crippen molar-refractivity contribution in [2.24, 2.45) is 16.0 Å². The van der Waals surface area contributed by atoms with Gasteiger partial charge < -0.3 is 21.7 Å². The Hall–Kier alpha value is -1.68. The Morgan fingerprint density at radius 2 is 2.00 bits per heavy atom. The van der Waals surface area contributed by atoms with Crippen LogP contribution in [0.3, 0.4) is 0 Å². The van der Waals surface area contributed by atoms with Crippen LogP contribution in [0.25, 0.3) is 0 Å². The Morgan fingerprint density at radius 3 is 2.77 bits per heavy atom. The first-order valence-electron chi connectivity index (χ1n) is 11.5. The molecule has 5 N–H and O–H groups in total. The molecule has 2 fully saturated rings. The Morgan fingerprint density at radius 1 is 1.19 bits per heavy atom. The predicted molar refractivity (Wildman–Crippen MR) is 121 cm³/mol. The van der Waals surface area contributed by atoms with Crippen molar-refractivity contribution in [3.8, 4) is 0 Å². The van der Waals surface area contributed by atoms with Crippen molar-refractivity contribution in [2.75, 3.05) is 12.3 Å². The fourth-order valence-corrected chi connectivity index (χ4v) is 5.70. The molecule has 0 saturated carbocycles. The molecule has 9 nitrogen and oxygen atoms in total. The average Bonchev–Trinajstić information content (AvgIpc) is 3.19. The number of hydrogen-bond donors (Lipinski definition) is 4. The number of hydrogen-bond acceptors (Lipinski definition) is 7. The first-order chi connectivity index (χ1) is 14.9. The predicted octanol–water partition coefficient (Wildman–Crippen LogP) is 2.25. The zero-order chi connectivity index (χ0) is 22.3. The molecule has 4 unspecified atom stereocenters. The lowest BCUT2D eigenvalue weighted by Gasteiger charge is -2.16. The summed E-state index contributed by atoms with van der Waals surface area (Å²) in [5.74, 6) is 1.14. The summed E-state index contributed by atoms with van der Waals surface area (Å²) in [6, 6.07) is 0.0795. The van der Waals surface area contributed by atoms with Crippen molar-refractivity contribution in [3.05, 3.63) is 0 Å². The van der Waals surface area contributed by atoms with Crippen LogP contribution >= 0.6 is 11.8 Å². The number of carbonyl (C=O) groups is 3. The zero-order valence-electron chi connectivity index (χ0n) is 18.4. The van der Waals surface area contributed by atoms with E-state index in [1.807, 2.05) is 18.7 Å². The molecule has 0 aromatic heterocycles. The van der Waals surface area contributed by atoms with Crippen LogP contribution in [0, 0.1) is 0 Å². The van der Waals surface area contributed by atoms with Crippen LogP contribution < -0.4 is 21.7 Å². The molecule has 0 aromatic carbocycles. The minimum atomic E-state index is -0.403. The second-order valence-electron chi connectivity index (χ2n) is 9.06. The normalized spacial score (nSPS) is 26.1. The van der Waals surface area contributed by atoms with Gasteiger partial charge >= 0.3 is 6.03 Å². The van der Waals surface area contributed by atoms with E-state index in [1.54, 1.807) is 0 Å².